The van der Waals surface area contributed by atoms with Crippen molar-refractivity contribution in [3.05, 3.63) is 29.8 Å². The van der Waals surface area contributed by atoms with Crippen LogP contribution in [0.3, 0.4) is 0 Å². The first-order chi connectivity index (χ1) is 8.18. The molecule has 0 saturated heterocycles. The Morgan fingerprint density at radius 2 is 1.76 bits per heavy atom. The lowest BCUT2D eigenvalue weighted by atomic mass is 10.1. The molecule has 0 aliphatic heterocycles. The summed E-state index contributed by atoms with van der Waals surface area (Å²) in [7, 11) is 0. The summed E-state index contributed by atoms with van der Waals surface area (Å²) >= 11 is 0. The normalized spacial score (nSPS) is 11.0. The van der Waals surface area contributed by atoms with Crippen LogP contribution in [-0.4, -0.2) is 25.9 Å². The summed E-state index contributed by atoms with van der Waals surface area (Å²) in [5, 5.41) is 0. The first kappa shape index (κ1) is 14.0. The molecule has 96 valence electrons. The van der Waals surface area contributed by atoms with Crippen LogP contribution in [0.5, 0.6) is 0 Å². The smallest absolute Gasteiger partial charge is 0.0703 e. The molecule has 3 nitrogen and oxygen atoms in total. The number of nitrogens with two attached hydrogens (primary N) is 1. The van der Waals surface area contributed by atoms with Crippen LogP contribution in [0.2, 0.25) is 0 Å². The van der Waals surface area contributed by atoms with Crippen molar-refractivity contribution in [1.29, 1.82) is 0 Å². The highest BCUT2D eigenvalue weighted by atomic mass is 16.5. The Bertz CT molecular complexity index is 296. The minimum absolute atomic E-state index is 0.286. The van der Waals surface area contributed by atoms with E-state index in [1.165, 1.54) is 5.56 Å². The predicted molar refractivity (Wildman–Crippen MR) is 71.1 cm³/mol. The van der Waals surface area contributed by atoms with Crippen molar-refractivity contribution in [3.8, 4) is 0 Å². The molecule has 0 spiro atoms. The molecular formula is C14H23NO2. The van der Waals surface area contributed by atoms with Gasteiger partial charge in [0, 0.05) is 12.3 Å². The molecule has 17 heavy (non-hydrogen) atoms. The molecule has 0 fully saturated rings. The summed E-state index contributed by atoms with van der Waals surface area (Å²) in [6, 6.07) is 8.01. The van der Waals surface area contributed by atoms with E-state index in [-0.39, 0.29) is 6.10 Å². The number of benzene rings is 1. The van der Waals surface area contributed by atoms with E-state index in [9.17, 15) is 0 Å². The van der Waals surface area contributed by atoms with E-state index < -0.39 is 0 Å². The number of aryl methyl sites for hydroxylation is 1. The largest absolute Gasteiger partial charge is 0.399 e. The quantitative estimate of drug-likeness (QED) is 0.558. The van der Waals surface area contributed by atoms with Crippen LogP contribution in [0.1, 0.15) is 25.8 Å². The summed E-state index contributed by atoms with van der Waals surface area (Å²) in [6.07, 6.45) is 2.35. The summed E-state index contributed by atoms with van der Waals surface area (Å²) in [4.78, 5) is 0. The first-order valence-corrected chi connectivity index (χ1v) is 6.22. The van der Waals surface area contributed by atoms with Gasteiger partial charge in [-0.3, -0.25) is 0 Å². The Morgan fingerprint density at radius 3 is 2.41 bits per heavy atom. The van der Waals surface area contributed by atoms with Gasteiger partial charge in [-0.05, 0) is 44.4 Å². The van der Waals surface area contributed by atoms with Crippen LogP contribution in [-0.2, 0) is 15.9 Å². The molecule has 0 atom stereocenters. The number of hydrogen-bond donors (Lipinski definition) is 1. The van der Waals surface area contributed by atoms with Crippen LogP contribution in [0, 0.1) is 0 Å². The van der Waals surface area contributed by atoms with Crippen molar-refractivity contribution in [2.24, 2.45) is 0 Å². The van der Waals surface area contributed by atoms with Crippen LogP contribution < -0.4 is 5.73 Å². The Morgan fingerprint density at radius 1 is 1.06 bits per heavy atom. The molecule has 0 heterocycles. The molecule has 0 radical (unpaired) electrons. The van der Waals surface area contributed by atoms with Gasteiger partial charge >= 0.3 is 0 Å². The molecule has 0 aliphatic carbocycles. The van der Waals surface area contributed by atoms with Crippen LogP contribution in [0.25, 0.3) is 0 Å². The fourth-order valence-corrected chi connectivity index (χ4v) is 1.51. The van der Waals surface area contributed by atoms with Gasteiger partial charge in [0.15, 0.2) is 0 Å². The van der Waals surface area contributed by atoms with Gasteiger partial charge in [-0.15, -0.1) is 0 Å². The Labute approximate surface area is 104 Å². The van der Waals surface area contributed by atoms with Gasteiger partial charge < -0.3 is 15.2 Å². The standard InChI is InChI=1S/C14H23NO2/c1-12(2)17-11-10-16-9-3-4-13-5-7-14(15)8-6-13/h5-8,12H,3-4,9-11,15H2,1-2H3. The summed E-state index contributed by atoms with van der Waals surface area (Å²) in [5.74, 6) is 0. The van der Waals surface area contributed by atoms with Crippen molar-refractivity contribution in [3.63, 3.8) is 0 Å². The molecule has 1 aromatic carbocycles. The number of nitrogen functional groups attached to an aromatic ring is 1. The van der Waals surface area contributed by atoms with E-state index in [2.05, 4.69) is 12.1 Å². The third-order valence-electron chi connectivity index (χ3n) is 2.41. The van der Waals surface area contributed by atoms with Gasteiger partial charge in [0.05, 0.1) is 19.3 Å². The third kappa shape index (κ3) is 6.97. The fraction of sp³-hybridized carbons (Fsp3) is 0.571. The second-order valence-corrected chi connectivity index (χ2v) is 4.38. The Hall–Kier alpha value is -1.06. The van der Waals surface area contributed by atoms with E-state index in [0.29, 0.717) is 13.2 Å². The van der Waals surface area contributed by atoms with Gasteiger partial charge in [0.2, 0.25) is 0 Å². The van der Waals surface area contributed by atoms with Crippen molar-refractivity contribution >= 4 is 5.69 Å². The van der Waals surface area contributed by atoms with E-state index in [1.54, 1.807) is 0 Å². The lowest BCUT2D eigenvalue weighted by Crippen LogP contribution is -2.10. The average Bonchev–Trinajstić information content (AvgIpc) is 2.30. The molecule has 1 rings (SSSR count). The number of hydrogen-bond acceptors (Lipinski definition) is 3. The number of anilines is 1. The van der Waals surface area contributed by atoms with Gasteiger partial charge in [-0.25, -0.2) is 0 Å². The van der Waals surface area contributed by atoms with Gasteiger partial charge in [0.1, 0.15) is 0 Å². The van der Waals surface area contributed by atoms with Gasteiger partial charge in [0.25, 0.3) is 0 Å². The minimum Gasteiger partial charge on any atom is -0.399 e. The minimum atomic E-state index is 0.286. The zero-order valence-electron chi connectivity index (χ0n) is 10.8. The van der Waals surface area contributed by atoms with Crippen LogP contribution in [0.4, 0.5) is 5.69 Å². The van der Waals surface area contributed by atoms with Crippen molar-refractivity contribution in [1.82, 2.24) is 0 Å². The lowest BCUT2D eigenvalue weighted by Gasteiger charge is -2.08. The number of rotatable bonds is 8. The van der Waals surface area contributed by atoms with Crippen molar-refractivity contribution in [2.45, 2.75) is 32.8 Å². The highest BCUT2D eigenvalue weighted by Gasteiger charge is 1.95. The SMILES string of the molecule is CC(C)OCCOCCCc1ccc(N)cc1. The highest BCUT2D eigenvalue weighted by molar-refractivity contribution is 5.39. The maximum atomic E-state index is 5.62. The zero-order valence-corrected chi connectivity index (χ0v) is 10.8. The molecule has 0 aliphatic rings. The summed E-state index contributed by atoms with van der Waals surface area (Å²) in [6.45, 7) is 6.20. The number of ether oxygens (including phenoxy) is 2. The Kier molecular flexibility index (Phi) is 6.67. The van der Waals surface area contributed by atoms with Crippen LogP contribution in [0.15, 0.2) is 24.3 Å². The second-order valence-electron chi connectivity index (χ2n) is 4.38. The molecule has 0 amide bonds. The molecule has 0 saturated carbocycles. The Balaban J connectivity index is 1.99. The molecule has 2 N–H and O–H groups in total. The van der Waals surface area contributed by atoms with E-state index in [0.717, 1.165) is 25.1 Å². The summed E-state index contributed by atoms with van der Waals surface area (Å²) in [5.41, 5.74) is 7.74. The molecule has 1 aromatic rings. The van der Waals surface area contributed by atoms with Gasteiger partial charge in [-0.1, -0.05) is 12.1 Å². The van der Waals surface area contributed by atoms with Crippen molar-refractivity contribution in [2.75, 3.05) is 25.6 Å². The van der Waals surface area contributed by atoms with E-state index in [4.69, 9.17) is 15.2 Å². The van der Waals surface area contributed by atoms with E-state index >= 15 is 0 Å². The van der Waals surface area contributed by atoms with Gasteiger partial charge in [-0.2, -0.15) is 0 Å². The maximum absolute atomic E-state index is 5.62. The highest BCUT2D eigenvalue weighted by Crippen LogP contribution is 2.07. The molecular weight excluding hydrogens is 214 g/mol. The second kappa shape index (κ2) is 8.09. The summed E-state index contributed by atoms with van der Waals surface area (Å²) < 4.78 is 10.9. The van der Waals surface area contributed by atoms with Crippen LogP contribution >= 0.6 is 0 Å². The predicted octanol–water partition coefficient (Wildman–Crippen LogP) is 2.64. The molecule has 0 aromatic heterocycles. The topological polar surface area (TPSA) is 44.5 Å². The molecule has 3 heteroatoms. The average molecular weight is 237 g/mol. The molecule has 0 bridgehead atoms. The monoisotopic (exact) mass is 237 g/mol. The lowest BCUT2D eigenvalue weighted by molar-refractivity contribution is 0.0191. The third-order valence-corrected chi connectivity index (χ3v) is 2.41. The van der Waals surface area contributed by atoms with E-state index in [1.807, 2.05) is 26.0 Å². The van der Waals surface area contributed by atoms with Crippen molar-refractivity contribution < 1.29 is 9.47 Å². The molecule has 0 unspecified atom stereocenters. The fourth-order valence-electron chi connectivity index (χ4n) is 1.51. The zero-order chi connectivity index (χ0) is 12.5. The first-order valence-electron chi connectivity index (χ1n) is 6.22. The maximum Gasteiger partial charge on any atom is 0.0703 e.